The van der Waals surface area contributed by atoms with Crippen LogP contribution in [0.3, 0.4) is 0 Å². The minimum absolute atomic E-state index is 0.0244. The maximum absolute atomic E-state index is 12.7. The molecule has 4 rings (SSSR count). The van der Waals surface area contributed by atoms with Gasteiger partial charge < -0.3 is 10.2 Å². The van der Waals surface area contributed by atoms with Crippen molar-refractivity contribution in [3.05, 3.63) is 56.6 Å². The third-order valence-corrected chi connectivity index (χ3v) is 5.93. The van der Waals surface area contributed by atoms with E-state index in [0.717, 1.165) is 24.8 Å². The number of nitrogens with zero attached hydrogens (tertiary/aromatic N) is 5. The van der Waals surface area contributed by atoms with E-state index in [0.29, 0.717) is 38.4 Å². The number of carbonyl (C=O) groups is 1. The van der Waals surface area contributed by atoms with E-state index in [4.69, 9.17) is 0 Å². The maximum atomic E-state index is 12.7. The first kappa shape index (κ1) is 19.4. The lowest BCUT2D eigenvalue weighted by Crippen LogP contribution is -2.48. The van der Waals surface area contributed by atoms with E-state index < -0.39 is 11.1 Å². The average Bonchev–Trinajstić information content (AvgIpc) is 3.09. The van der Waals surface area contributed by atoms with Crippen LogP contribution in [0, 0.1) is 5.41 Å². The second-order valence-electron chi connectivity index (χ2n) is 8.03. The van der Waals surface area contributed by atoms with Crippen LogP contribution in [0.4, 0.5) is 4.79 Å². The van der Waals surface area contributed by atoms with Crippen LogP contribution in [0.25, 0.3) is 0 Å². The smallest absolute Gasteiger partial charge is 0.332 e. The molecule has 154 valence electrons. The number of hydrogen-bond acceptors (Lipinski definition) is 5. The number of hydrogen-bond donors (Lipinski definition) is 1. The molecular weight excluding hydrogens is 372 g/mol. The van der Waals surface area contributed by atoms with Gasteiger partial charge in [0.2, 0.25) is 0 Å². The molecule has 4 heterocycles. The van der Waals surface area contributed by atoms with E-state index in [1.165, 1.54) is 9.25 Å². The third kappa shape index (κ3) is 3.81. The second kappa shape index (κ2) is 7.81. The fraction of sp³-hybridized carbons (Fsp3) is 0.550. The number of urea groups is 1. The maximum Gasteiger partial charge on any atom is 0.332 e. The molecule has 0 bridgehead atoms. The molecule has 2 amide bonds. The highest BCUT2D eigenvalue weighted by atomic mass is 16.2. The van der Waals surface area contributed by atoms with Gasteiger partial charge in [-0.1, -0.05) is 13.0 Å². The summed E-state index contributed by atoms with van der Waals surface area (Å²) >= 11 is 0. The molecule has 0 atom stereocenters. The fourth-order valence-electron chi connectivity index (χ4n) is 4.24. The first-order chi connectivity index (χ1) is 14.0. The predicted octanol–water partition coefficient (Wildman–Crippen LogP) is 0.606. The SMILES string of the molecule is CCCNC(=O)N1CCC2(CC1)Cc1nn(Cc3cccnc3)c(=O)c(=O)n1C2. The van der Waals surface area contributed by atoms with Crippen LogP contribution >= 0.6 is 0 Å². The van der Waals surface area contributed by atoms with E-state index >= 15 is 0 Å². The molecule has 2 aliphatic heterocycles. The van der Waals surface area contributed by atoms with Crippen molar-refractivity contribution >= 4 is 6.03 Å². The van der Waals surface area contributed by atoms with Crippen molar-refractivity contribution in [2.24, 2.45) is 5.41 Å². The minimum Gasteiger partial charge on any atom is -0.338 e. The van der Waals surface area contributed by atoms with Gasteiger partial charge in [0.25, 0.3) is 0 Å². The number of aromatic nitrogens is 4. The van der Waals surface area contributed by atoms with Gasteiger partial charge in [-0.25, -0.2) is 9.48 Å². The van der Waals surface area contributed by atoms with Gasteiger partial charge in [-0.2, -0.15) is 5.10 Å². The average molecular weight is 398 g/mol. The highest BCUT2D eigenvalue weighted by Gasteiger charge is 2.42. The summed E-state index contributed by atoms with van der Waals surface area (Å²) in [6.45, 7) is 4.73. The standard InChI is InChI=1S/C20H26N6O3/c1-2-7-22-19(29)24-9-5-20(6-10-24)11-16-23-26(13-15-4-3-8-21-12-15)18(28)17(27)25(16)14-20/h3-4,8,12H,2,5-7,9-11,13-14H2,1H3,(H,22,29). The van der Waals surface area contributed by atoms with Crippen LogP contribution in [0.2, 0.25) is 0 Å². The Morgan fingerprint density at radius 1 is 1.24 bits per heavy atom. The molecule has 2 aromatic heterocycles. The van der Waals surface area contributed by atoms with E-state index in [9.17, 15) is 14.4 Å². The second-order valence-corrected chi connectivity index (χ2v) is 8.03. The number of likely N-dealkylation sites (tertiary alicyclic amines) is 1. The quantitative estimate of drug-likeness (QED) is 0.760. The molecule has 1 fully saturated rings. The van der Waals surface area contributed by atoms with E-state index in [1.807, 2.05) is 17.9 Å². The molecule has 1 N–H and O–H groups in total. The van der Waals surface area contributed by atoms with Gasteiger partial charge >= 0.3 is 17.1 Å². The summed E-state index contributed by atoms with van der Waals surface area (Å²) in [6.07, 6.45) is 6.48. The Morgan fingerprint density at radius 2 is 2.03 bits per heavy atom. The number of amides is 2. The molecule has 1 saturated heterocycles. The molecular formula is C20H26N6O3. The summed E-state index contributed by atoms with van der Waals surface area (Å²) in [5.74, 6) is 0.655. The number of nitrogens with one attached hydrogen (secondary N) is 1. The molecule has 0 unspecified atom stereocenters. The number of fused-ring (bicyclic) bond motifs is 1. The summed E-state index contributed by atoms with van der Waals surface area (Å²) in [7, 11) is 0. The van der Waals surface area contributed by atoms with Crippen molar-refractivity contribution in [3.8, 4) is 0 Å². The molecule has 1 spiro atoms. The van der Waals surface area contributed by atoms with Gasteiger partial charge in [0.1, 0.15) is 5.82 Å². The van der Waals surface area contributed by atoms with Crippen molar-refractivity contribution in [2.75, 3.05) is 19.6 Å². The fourth-order valence-corrected chi connectivity index (χ4v) is 4.24. The lowest BCUT2D eigenvalue weighted by Gasteiger charge is -2.38. The molecule has 0 saturated carbocycles. The summed E-state index contributed by atoms with van der Waals surface area (Å²) in [6, 6.07) is 3.62. The van der Waals surface area contributed by atoms with Crippen molar-refractivity contribution in [2.45, 2.75) is 45.7 Å². The Bertz CT molecular complexity index is 1010. The Labute approximate surface area is 168 Å². The van der Waals surface area contributed by atoms with Crippen molar-refractivity contribution in [1.29, 1.82) is 0 Å². The first-order valence-corrected chi connectivity index (χ1v) is 10.1. The van der Waals surface area contributed by atoms with Crippen LogP contribution in [-0.2, 0) is 19.5 Å². The van der Waals surface area contributed by atoms with Crippen LogP contribution in [0.5, 0.6) is 0 Å². The number of rotatable bonds is 4. The number of carbonyl (C=O) groups excluding carboxylic acids is 1. The Morgan fingerprint density at radius 3 is 2.72 bits per heavy atom. The molecule has 0 radical (unpaired) electrons. The van der Waals surface area contributed by atoms with E-state index in [1.54, 1.807) is 18.5 Å². The number of pyridine rings is 1. The first-order valence-electron chi connectivity index (χ1n) is 10.1. The monoisotopic (exact) mass is 398 g/mol. The number of piperidine rings is 1. The van der Waals surface area contributed by atoms with Crippen LogP contribution in [0.15, 0.2) is 34.1 Å². The molecule has 9 nitrogen and oxygen atoms in total. The van der Waals surface area contributed by atoms with Crippen LogP contribution in [0.1, 0.15) is 37.6 Å². The summed E-state index contributed by atoms with van der Waals surface area (Å²) in [5, 5.41) is 7.41. The van der Waals surface area contributed by atoms with Gasteiger partial charge in [-0.05, 0) is 36.3 Å². The van der Waals surface area contributed by atoms with Crippen molar-refractivity contribution in [1.82, 2.24) is 29.5 Å². The molecule has 29 heavy (non-hydrogen) atoms. The van der Waals surface area contributed by atoms with Gasteiger partial charge in [-0.3, -0.25) is 19.1 Å². The molecule has 0 aromatic carbocycles. The molecule has 0 aliphatic carbocycles. The largest absolute Gasteiger partial charge is 0.338 e. The Balaban J connectivity index is 1.50. The van der Waals surface area contributed by atoms with Crippen molar-refractivity contribution in [3.63, 3.8) is 0 Å². The van der Waals surface area contributed by atoms with Gasteiger partial charge in [0.15, 0.2) is 0 Å². The normalized spacial score (nSPS) is 17.3. The summed E-state index contributed by atoms with van der Waals surface area (Å²) in [4.78, 5) is 43.3. The van der Waals surface area contributed by atoms with Crippen LogP contribution in [-0.4, -0.2) is 49.9 Å². The molecule has 2 aliphatic rings. The molecule has 2 aromatic rings. The van der Waals surface area contributed by atoms with Gasteiger partial charge in [0.05, 0.1) is 6.54 Å². The van der Waals surface area contributed by atoms with Gasteiger partial charge in [0, 0.05) is 45.0 Å². The lowest BCUT2D eigenvalue weighted by atomic mass is 9.77. The Hall–Kier alpha value is -2.97. The lowest BCUT2D eigenvalue weighted by molar-refractivity contribution is 0.115. The zero-order valence-corrected chi connectivity index (χ0v) is 16.6. The van der Waals surface area contributed by atoms with Gasteiger partial charge in [-0.15, -0.1) is 0 Å². The highest BCUT2D eigenvalue weighted by molar-refractivity contribution is 5.74. The topological polar surface area (TPSA) is 102 Å². The van der Waals surface area contributed by atoms with E-state index in [2.05, 4.69) is 15.4 Å². The summed E-state index contributed by atoms with van der Waals surface area (Å²) in [5.41, 5.74) is -0.406. The third-order valence-electron chi connectivity index (χ3n) is 5.93. The summed E-state index contributed by atoms with van der Waals surface area (Å²) < 4.78 is 2.78. The van der Waals surface area contributed by atoms with E-state index in [-0.39, 0.29) is 18.0 Å². The Kier molecular flexibility index (Phi) is 5.21. The van der Waals surface area contributed by atoms with Crippen molar-refractivity contribution < 1.29 is 4.79 Å². The highest BCUT2D eigenvalue weighted by Crippen LogP contribution is 2.39. The van der Waals surface area contributed by atoms with Crippen LogP contribution < -0.4 is 16.4 Å². The minimum atomic E-state index is -0.606. The zero-order valence-electron chi connectivity index (χ0n) is 16.6. The predicted molar refractivity (Wildman–Crippen MR) is 107 cm³/mol. The zero-order chi connectivity index (χ0) is 20.4. The molecule has 9 heteroatoms.